The van der Waals surface area contributed by atoms with Crippen LogP contribution in [-0.2, 0) is 22.5 Å². The molecule has 1 saturated heterocycles. The lowest BCUT2D eigenvalue weighted by atomic mass is 10.0. The number of hydrogen-bond donors (Lipinski definition) is 0. The fourth-order valence-electron chi connectivity index (χ4n) is 3.06. The molecule has 0 bridgehead atoms. The van der Waals surface area contributed by atoms with Crippen molar-refractivity contribution in [3.8, 4) is 0 Å². The molecule has 2 rings (SSSR count). The summed E-state index contributed by atoms with van der Waals surface area (Å²) in [5, 5.41) is 0. The average Bonchev–Trinajstić information content (AvgIpc) is 3.00. The third kappa shape index (κ3) is 5.32. The number of amides is 1. The number of piperidine rings is 1. The van der Waals surface area contributed by atoms with Crippen LogP contribution in [0.5, 0.6) is 0 Å². The average molecular weight is 322 g/mol. The number of imidazole rings is 1. The predicted octanol–water partition coefficient (Wildman–Crippen LogP) is 1.40. The van der Waals surface area contributed by atoms with Crippen LogP contribution < -0.4 is 0 Å². The Morgan fingerprint density at radius 2 is 2.30 bits per heavy atom. The molecule has 1 aliphatic rings. The third-order valence-electron chi connectivity index (χ3n) is 4.52. The topological polar surface area (TPSA) is 50.6 Å². The normalized spacial score (nSPS) is 18.6. The maximum absolute atomic E-state index is 12.5. The van der Waals surface area contributed by atoms with Gasteiger partial charge >= 0.3 is 0 Å². The van der Waals surface area contributed by atoms with Crippen molar-refractivity contribution in [2.45, 2.75) is 45.2 Å². The van der Waals surface area contributed by atoms with E-state index in [2.05, 4.69) is 28.5 Å². The summed E-state index contributed by atoms with van der Waals surface area (Å²) in [6, 6.07) is 0.487. The van der Waals surface area contributed by atoms with Crippen LogP contribution in [0.15, 0.2) is 12.4 Å². The molecule has 0 radical (unpaired) electrons. The van der Waals surface area contributed by atoms with Gasteiger partial charge in [0.2, 0.25) is 5.91 Å². The number of aromatic nitrogens is 2. The van der Waals surface area contributed by atoms with Crippen LogP contribution in [0.3, 0.4) is 0 Å². The van der Waals surface area contributed by atoms with Gasteiger partial charge in [-0.15, -0.1) is 0 Å². The first-order valence-corrected chi connectivity index (χ1v) is 8.63. The minimum Gasteiger partial charge on any atom is -0.380 e. The Hall–Kier alpha value is -1.40. The number of hydrogen-bond acceptors (Lipinski definition) is 4. The van der Waals surface area contributed by atoms with Crippen molar-refractivity contribution < 1.29 is 9.53 Å². The molecule has 130 valence electrons. The van der Waals surface area contributed by atoms with Gasteiger partial charge in [0.05, 0.1) is 6.61 Å². The second-order valence-electron chi connectivity index (χ2n) is 6.33. The molecule has 0 saturated carbocycles. The molecule has 1 amide bonds. The Morgan fingerprint density at radius 1 is 1.48 bits per heavy atom. The number of carbonyl (C=O) groups excluding carboxylic acids is 1. The molecular weight excluding hydrogens is 292 g/mol. The summed E-state index contributed by atoms with van der Waals surface area (Å²) in [4.78, 5) is 21.1. The Kier molecular flexibility index (Phi) is 7.05. The minimum atomic E-state index is 0.246. The lowest BCUT2D eigenvalue weighted by Crippen LogP contribution is -2.47. The maximum Gasteiger partial charge on any atom is 0.223 e. The summed E-state index contributed by atoms with van der Waals surface area (Å²) in [7, 11) is 4.18. The van der Waals surface area contributed by atoms with E-state index in [0.29, 0.717) is 25.5 Å². The van der Waals surface area contributed by atoms with E-state index in [1.54, 1.807) is 6.20 Å². The molecule has 1 atom stereocenters. The highest BCUT2D eigenvalue weighted by atomic mass is 16.5. The first-order valence-electron chi connectivity index (χ1n) is 8.63. The quantitative estimate of drug-likeness (QED) is 0.679. The van der Waals surface area contributed by atoms with Gasteiger partial charge in [-0.2, -0.15) is 0 Å². The van der Waals surface area contributed by atoms with E-state index >= 15 is 0 Å². The highest BCUT2D eigenvalue weighted by Gasteiger charge is 2.24. The zero-order valence-electron chi connectivity index (χ0n) is 14.7. The number of ether oxygens (including phenoxy) is 1. The van der Waals surface area contributed by atoms with E-state index in [4.69, 9.17) is 4.74 Å². The van der Waals surface area contributed by atoms with E-state index < -0.39 is 0 Å². The van der Waals surface area contributed by atoms with Crippen LogP contribution in [0.2, 0.25) is 0 Å². The van der Waals surface area contributed by atoms with Crippen LogP contribution in [0.25, 0.3) is 0 Å². The molecule has 23 heavy (non-hydrogen) atoms. The van der Waals surface area contributed by atoms with Gasteiger partial charge < -0.3 is 19.1 Å². The van der Waals surface area contributed by atoms with Crippen molar-refractivity contribution in [3.05, 3.63) is 18.2 Å². The number of likely N-dealkylation sites (N-methyl/N-ethyl adjacent to an activating group) is 1. The smallest absolute Gasteiger partial charge is 0.223 e. The molecule has 1 fully saturated rings. The van der Waals surface area contributed by atoms with Gasteiger partial charge in [-0.25, -0.2) is 4.98 Å². The van der Waals surface area contributed by atoms with Gasteiger partial charge in [0.25, 0.3) is 0 Å². The van der Waals surface area contributed by atoms with Gasteiger partial charge in [-0.05, 0) is 33.9 Å². The zero-order valence-corrected chi connectivity index (χ0v) is 14.7. The highest BCUT2D eigenvalue weighted by Crippen LogP contribution is 2.15. The number of carbonyl (C=O) groups is 1. The Morgan fingerprint density at radius 3 is 3.04 bits per heavy atom. The van der Waals surface area contributed by atoms with Crippen molar-refractivity contribution in [2.24, 2.45) is 0 Å². The fraction of sp³-hybridized carbons (Fsp3) is 0.765. The Bertz CT molecular complexity index is 487. The van der Waals surface area contributed by atoms with Crippen LogP contribution in [0.4, 0.5) is 0 Å². The largest absolute Gasteiger partial charge is 0.380 e. The predicted molar refractivity (Wildman–Crippen MR) is 90.3 cm³/mol. The summed E-state index contributed by atoms with van der Waals surface area (Å²) in [5.41, 5.74) is 0. The lowest BCUT2D eigenvalue weighted by molar-refractivity contribution is -0.133. The molecular formula is C17H30N4O2. The molecule has 1 aromatic heterocycles. The number of aryl methyl sites for hydroxylation is 1. The summed E-state index contributed by atoms with van der Waals surface area (Å²) >= 11 is 0. The first kappa shape index (κ1) is 17.9. The molecule has 2 heterocycles. The monoisotopic (exact) mass is 322 g/mol. The summed E-state index contributed by atoms with van der Waals surface area (Å²) in [6.45, 7) is 5.94. The Balaban J connectivity index is 1.81. The van der Waals surface area contributed by atoms with Crippen LogP contribution in [0.1, 0.15) is 32.0 Å². The maximum atomic E-state index is 12.5. The van der Waals surface area contributed by atoms with Crippen molar-refractivity contribution >= 4 is 5.91 Å². The van der Waals surface area contributed by atoms with Crippen molar-refractivity contribution in [3.63, 3.8) is 0 Å². The Labute approximate surface area is 139 Å². The molecule has 1 aliphatic heterocycles. The van der Waals surface area contributed by atoms with Gasteiger partial charge in [0, 0.05) is 57.5 Å². The van der Waals surface area contributed by atoms with Gasteiger partial charge in [0.1, 0.15) is 5.82 Å². The second-order valence-corrected chi connectivity index (χ2v) is 6.33. The van der Waals surface area contributed by atoms with E-state index in [1.165, 1.54) is 6.42 Å². The highest BCUT2D eigenvalue weighted by molar-refractivity contribution is 5.76. The summed E-state index contributed by atoms with van der Waals surface area (Å²) < 4.78 is 7.47. The fourth-order valence-corrected chi connectivity index (χ4v) is 3.06. The molecule has 0 unspecified atom stereocenters. The molecule has 1 aromatic rings. The molecule has 0 aliphatic carbocycles. The SMILES string of the molecule is CCOCCn1ccnc1CCC(=O)N1CCC[C@H](N(C)C)C1. The van der Waals surface area contributed by atoms with E-state index in [-0.39, 0.29) is 5.91 Å². The number of rotatable bonds is 8. The molecule has 6 heteroatoms. The zero-order chi connectivity index (χ0) is 16.7. The van der Waals surface area contributed by atoms with Crippen molar-refractivity contribution in [2.75, 3.05) is 40.4 Å². The van der Waals surface area contributed by atoms with Crippen molar-refractivity contribution in [1.82, 2.24) is 19.4 Å². The number of likely N-dealkylation sites (tertiary alicyclic amines) is 1. The third-order valence-corrected chi connectivity index (χ3v) is 4.52. The van der Waals surface area contributed by atoms with Gasteiger partial charge in [-0.3, -0.25) is 4.79 Å². The second kappa shape index (κ2) is 9.03. The van der Waals surface area contributed by atoms with Gasteiger partial charge in [0.15, 0.2) is 0 Å². The molecule has 6 nitrogen and oxygen atoms in total. The van der Waals surface area contributed by atoms with E-state index in [9.17, 15) is 4.79 Å². The molecule has 0 aromatic carbocycles. The van der Waals surface area contributed by atoms with Crippen LogP contribution in [0, 0.1) is 0 Å². The van der Waals surface area contributed by atoms with Crippen LogP contribution >= 0.6 is 0 Å². The molecule has 0 spiro atoms. The minimum absolute atomic E-state index is 0.246. The van der Waals surface area contributed by atoms with Gasteiger partial charge in [-0.1, -0.05) is 0 Å². The standard InChI is InChI=1S/C17H30N4O2/c1-4-23-13-12-20-11-9-18-16(20)7-8-17(22)21-10-5-6-15(14-21)19(2)3/h9,11,15H,4-8,10,12-14H2,1-3H3/t15-/m0/s1. The summed E-state index contributed by atoms with van der Waals surface area (Å²) in [6.07, 6.45) is 7.26. The van der Waals surface area contributed by atoms with Crippen molar-refractivity contribution in [1.29, 1.82) is 0 Å². The number of nitrogens with zero attached hydrogens (tertiary/aromatic N) is 4. The van der Waals surface area contributed by atoms with Crippen LogP contribution in [-0.4, -0.2) is 71.7 Å². The first-order chi connectivity index (χ1) is 11.1. The van der Waals surface area contributed by atoms with E-state index in [1.807, 2.05) is 18.0 Å². The summed E-state index contributed by atoms with van der Waals surface area (Å²) in [5.74, 6) is 1.22. The van der Waals surface area contributed by atoms with E-state index in [0.717, 1.165) is 38.5 Å². The lowest BCUT2D eigenvalue weighted by Gasteiger charge is -2.36. The molecule has 0 N–H and O–H groups in total.